The number of hydrogen-bond donors (Lipinski definition) is 1. The highest BCUT2D eigenvalue weighted by atomic mass is 32.2. The van der Waals surface area contributed by atoms with Gasteiger partial charge in [0, 0.05) is 29.5 Å². The van der Waals surface area contributed by atoms with Gasteiger partial charge >= 0.3 is 0 Å². The van der Waals surface area contributed by atoms with E-state index in [2.05, 4.69) is 36.3 Å². The van der Waals surface area contributed by atoms with Crippen molar-refractivity contribution in [1.82, 2.24) is 15.2 Å². The normalized spacial score (nSPS) is 23.7. The maximum Gasteiger partial charge on any atom is 0.221 e. The Labute approximate surface area is 175 Å². The minimum atomic E-state index is -0.130. The van der Waals surface area contributed by atoms with E-state index in [1.165, 1.54) is 18.7 Å². The Hall–Kier alpha value is -2.28. The number of aryl methyl sites for hydroxylation is 1. The molecular formula is C22H26N4O2S. The maximum absolute atomic E-state index is 12.6. The molecule has 2 aliphatic carbocycles. The van der Waals surface area contributed by atoms with Gasteiger partial charge in [0.1, 0.15) is 0 Å². The van der Waals surface area contributed by atoms with Crippen molar-refractivity contribution >= 4 is 29.1 Å². The van der Waals surface area contributed by atoms with Gasteiger partial charge in [-0.05, 0) is 48.9 Å². The van der Waals surface area contributed by atoms with Gasteiger partial charge in [-0.2, -0.15) is 5.10 Å². The van der Waals surface area contributed by atoms with E-state index >= 15 is 0 Å². The molecule has 2 atom stereocenters. The molecule has 1 aromatic carbocycles. The second kappa shape index (κ2) is 6.90. The number of rotatable bonds is 5. The molecule has 1 amide bonds. The van der Waals surface area contributed by atoms with Gasteiger partial charge in [-0.3, -0.25) is 9.59 Å². The first-order valence-electron chi connectivity index (χ1n) is 9.93. The third kappa shape index (κ3) is 3.16. The quantitative estimate of drug-likeness (QED) is 0.585. The van der Waals surface area contributed by atoms with Crippen molar-refractivity contribution in [2.24, 2.45) is 5.41 Å². The van der Waals surface area contributed by atoms with Gasteiger partial charge in [0.25, 0.3) is 0 Å². The lowest BCUT2D eigenvalue weighted by atomic mass is 9.70. The Kier molecular flexibility index (Phi) is 4.76. The van der Waals surface area contributed by atoms with E-state index in [1.807, 2.05) is 6.92 Å². The summed E-state index contributed by atoms with van der Waals surface area (Å²) in [5.74, 6) is 0.551. The fraction of sp³-hybridized carbons (Fsp3) is 0.500. The molecule has 2 bridgehead atoms. The number of anilines is 1. The van der Waals surface area contributed by atoms with Crippen LogP contribution in [-0.4, -0.2) is 32.6 Å². The molecule has 0 spiro atoms. The molecule has 0 radical (unpaired) electrons. The zero-order valence-electron chi connectivity index (χ0n) is 17.5. The summed E-state index contributed by atoms with van der Waals surface area (Å²) in [6, 6.07) is 5.31. The Bertz CT molecular complexity index is 1020. The lowest BCUT2D eigenvalue weighted by Gasteiger charge is -2.33. The Morgan fingerprint density at radius 1 is 1.24 bits per heavy atom. The van der Waals surface area contributed by atoms with E-state index in [4.69, 9.17) is 4.98 Å². The number of thioether (sulfide) groups is 1. The number of fused-ring (bicyclic) bond motifs is 5. The van der Waals surface area contributed by atoms with Gasteiger partial charge in [-0.1, -0.05) is 32.5 Å². The van der Waals surface area contributed by atoms with Gasteiger partial charge < -0.3 is 5.32 Å². The Morgan fingerprint density at radius 3 is 2.69 bits per heavy atom. The molecule has 4 rings (SSSR count). The number of nitrogens with one attached hydrogen (secondary N) is 1. The molecule has 29 heavy (non-hydrogen) atoms. The molecule has 1 N–H and O–H groups in total. The zero-order valence-corrected chi connectivity index (χ0v) is 18.3. The van der Waals surface area contributed by atoms with Crippen molar-refractivity contribution in [1.29, 1.82) is 0 Å². The molecule has 1 aromatic heterocycles. The number of aromatic nitrogens is 3. The number of carbonyl (C=O) groups excluding carboxylic acids is 2. The van der Waals surface area contributed by atoms with E-state index in [1.54, 1.807) is 18.2 Å². The highest BCUT2D eigenvalue weighted by molar-refractivity contribution is 7.99. The third-order valence-corrected chi connectivity index (χ3v) is 7.80. The van der Waals surface area contributed by atoms with Gasteiger partial charge in [0.2, 0.25) is 11.1 Å². The summed E-state index contributed by atoms with van der Waals surface area (Å²) < 4.78 is 0. The lowest BCUT2D eigenvalue weighted by molar-refractivity contribution is -0.114. The van der Waals surface area contributed by atoms with Crippen LogP contribution in [0.4, 0.5) is 5.69 Å². The summed E-state index contributed by atoms with van der Waals surface area (Å²) in [4.78, 5) is 28.7. The minimum Gasteiger partial charge on any atom is -0.326 e. The molecule has 1 fully saturated rings. The molecule has 2 aromatic rings. The molecule has 6 nitrogen and oxygen atoms in total. The summed E-state index contributed by atoms with van der Waals surface area (Å²) in [6.07, 6.45) is 2.27. The van der Waals surface area contributed by atoms with Crippen molar-refractivity contribution < 1.29 is 9.59 Å². The SMILES string of the molecule is CC(=O)Nc1ccc(C(=O)CSc2nnc3c(n2)[C@@]2(C)CC[C@H]3C2(C)C)cc1C. The molecule has 7 heteroatoms. The molecule has 152 valence electrons. The van der Waals surface area contributed by atoms with Crippen molar-refractivity contribution in [2.45, 2.75) is 63.9 Å². The van der Waals surface area contributed by atoms with E-state index in [-0.39, 0.29) is 28.3 Å². The fourth-order valence-corrected chi connectivity index (χ4v) is 5.49. The number of benzene rings is 1. The largest absolute Gasteiger partial charge is 0.326 e. The standard InChI is InChI=1S/C22H26N4O2S/c1-12-10-14(6-7-16(12)23-13(2)27)17(28)11-29-20-24-19-18(25-26-20)15-8-9-22(19,5)21(15,3)4/h6-7,10,15H,8-9,11H2,1-5H3,(H,23,27)/t15-,22-/m1/s1. The Balaban J connectivity index is 1.48. The van der Waals surface area contributed by atoms with Gasteiger partial charge in [0.05, 0.1) is 17.1 Å². The van der Waals surface area contributed by atoms with E-state index < -0.39 is 0 Å². The van der Waals surface area contributed by atoms with Crippen molar-refractivity contribution in [3.05, 3.63) is 40.7 Å². The highest BCUT2D eigenvalue weighted by Crippen LogP contribution is 2.66. The van der Waals surface area contributed by atoms with Crippen LogP contribution in [0.5, 0.6) is 0 Å². The van der Waals surface area contributed by atoms with Crippen LogP contribution in [0.15, 0.2) is 23.4 Å². The van der Waals surface area contributed by atoms with Crippen LogP contribution in [0.25, 0.3) is 0 Å². The molecule has 2 aliphatic rings. The highest BCUT2D eigenvalue weighted by Gasteiger charge is 2.61. The first-order chi connectivity index (χ1) is 13.6. The van der Waals surface area contributed by atoms with Crippen LogP contribution in [-0.2, 0) is 10.2 Å². The lowest BCUT2D eigenvalue weighted by Crippen LogP contribution is -2.32. The average Bonchev–Trinajstić information content (AvgIpc) is 2.99. The molecule has 1 saturated carbocycles. The Morgan fingerprint density at radius 2 is 2.00 bits per heavy atom. The van der Waals surface area contributed by atoms with Crippen molar-refractivity contribution in [2.75, 3.05) is 11.1 Å². The minimum absolute atomic E-state index is 0.00429. The summed E-state index contributed by atoms with van der Waals surface area (Å²) in [7, 11) is 0. The first-order valence-corrected chi connectivity index (χ1v) is 10.9. The van der Waals surface area contributed by atoms with Gasteiger partial charge in [-0.15, -0.1) is 5.10 Å². The smallest absolute Gasteiger partial charge is 0.221 e. The summed E-state index contributed by atoms with van der Waals surface area (Å²) in [5, 5.41) is 12.1. The van der Waals surface area contributed by atoms with Gasteiger partial charge in [-0.25, -0.2) is 4.98 Å². The van der Waals surface area contributed by atoms with E-state index in [9.17, 15) is 9.59 Å². The van der Waals surface area contributed by atoms with E-state index in [0.717, 1.165) is 35.5 Å². The predicted molar refractivity (Wildman–Crippen MR) is 113 cm³/mol. The van der Waals surface area contributed by atoms with E-state index in [0.29, 0.717) is 16.6 Å². The number of hydrogen-bond acceptors (Lipinski definition) is 6. The third-order valence-electron chi connectivity index (χ3n) is 6.96. The van der Waals surface area contributed by atoms with Crippen LogP contribution >= 0.6 is 11.8 Å². The van der Waals surface area contributed by atoms with Crippen molar-refractivity contribution in [3.63, 3.8) is 0 Å². The maximum atomic E-state index is 12.6. The number of ketones is 1. The first kappa shape index (κ1) is 20.0. The zero-order chi connectivity index (χ0) is 21.0. The van der Waals surface area contributed by atoms with Crippen LogP contribution in [0.3, 0.4) is 0 Å². The molecule has 1 heterocycles. The number of carbonyl (C=O) groups is 2. The summed E-state index contributed by atoms with van der Waals surface area (Å²) in [5.41, 5.74) is 4.48. The van der Waals surface area contributed by atoms with Crippen molar-refractivity contribution in [3.8, 4) is 0 Å². The second-order valence-corrected chi connectivity index (χ2v) is 9.84. The monoisotopic (exact) mass is 410 g/mol. The number of Topliss-reactive ketones (excluding diaryl/α,β-unsaturated/α-hetero) is 1. The molecule has 0 saturated heterocycles. The predicted octanol–water partition coefficient (Wildman–Crippen LogP) is 4.29. The average molecular weight is 411 g/mol. The fourth-order valence-electron chi connectivity index (χ4n) is 4.80. The van der Waals surface area contributed by atoms with Crippen LogP contribution in [0, 0.1) is 12.3 Å². The molecular weight excluding hydrogens is 384 g/mol. The number of amides is 1. The van der Waals surface area contributed by atoms with Crippen LogP contribution in [0.1, 0.15) is 73.8 Å². The van der Waals surface area contributed by atoms with Gasteiger partial charge in [0.15, 0.2) is 5.78 Å². The summed E-state index contributed by atoms with van der Waals surface area (Å²) >= 11 is 1.33. The topological polar surface area (TPSA) is 84.8 Å². The molecule has 0 unspecified atom stereocenters. The molecule has 0 aliphatic heterocycles. The number of nitrogens with zero attached hydrogens (tertiary/aromatic N) is 3. The van der Waals surface area contributed by atoms with Crippen LogP contribution in [0.2, 0.25) is 0 Å². The summed E-state index contributed by atoms with van der Waals surface area (Å²) in [6.45, 7) is 10.2. The second-order valence-electron chi connectivity index (χ2n) is 8.90. The van der Waals surface area contributed by atoms with Crippen LogP contribution < -0.4 is 5.32 Å².